The summed E-state index contributed by atoms with van der Waals surface area (Å²) in [4.78, 5) is 12.2. The van der Waals surface area contributed by atoms with Crippen molar-refractivity contribution in [2.24, 2.45) is 7.05 Å². The van der Waals surface area contributed by atoms with Crippen molar-refractivity contribution in [1.82, 2.24) is 4.57 Å². The van der Waals surface area contributed by atoms with E-state index in [1.165, 1.54) is 16.7 Å². The number of rotatable bonds is 3. The van der Waals surface area contributed by atoms with Crippen LogP contribution in [0.15, 0.2) is 53.5 Å². The lowest BCUT2D eigenvalue weighted by atomic mass is 10.00. The first kappa shape index (κ1) is 16.2. The van der Waals surface area contributed by atoms with Crippen LogP contribution in [0.2, 0.25) is 0 Å². The van der Waals surface area contributed by atoms with Gasteiger partial charge in [-0.3, -0.25) is 9.52 Å². The molecule has 0 saturated carbocycles. The molecular weight excluding hydrogens is 331 g/mol. The molecule has 7 heteroatoms. The van der Waals surface area contributed by atoms with E-state index >= 15 is 0 Å². The third kappa shape index (κ3) is 3.03. The number of hydrogen-bond acceptors (Lipinski definition) is 3. The molecule has 24 heavy (non-hydrogen) atoms. The van der Waals surface area contributed by atoms with Crippen molar-refractivity contribution in [2.45, 2.75) is 0 Å². The number of halogens is 1. The number of benzene rings is 2. The predicted octanol–water partition coefficient (Wildman–Crippen LogP) is 2.72. The maximum Gasteiger partial charge on any atom is 0.258 e. The molecule has 3 rings (SSSR count). The number of aryl methyl sites for hydroxylation is 1. The Bertz CT molecular complexity index is 1100. The Morgan fingerprint density at radius 1 is 1.08 bits per heavy atom. The van der Waals surface area contributed by atoms with Crippen LogP contribution in [0.4, 0.5) is 10.1 Å². The minimum Gasteiger partial charge on any atom is -0.317 e. The number of aromatic nitrogens is 1. The Labute approximate surface area is 138 Å². The Hall–Kier alpha value is -2.67. The van der Waals surface area contributed by atoms with Crippen molar-refractivity contribution in [1.29, 1.82) is 0 Å². The Kier molecular flexibility index (Phi) is 3.88. The topological polar surface area (TPSA) is 68.2 Å². The SMILES string of the molecule is Cn1cc(-c2ccc(F)c(NS(C)(=O)=O)c2)c2ccccc2c1=O. The lowest BCUT2D eigenvalue weighted by molar-refractivity contribution is 0.604. The van der Waals surface area contributed by atoms with E-state index in [4.69, 9.17) is 0 Å². The molecule has 0 amide bonds. The quantitative estimate of drug-likeness (QED) is 0.793. The van der Waals surface area contributed by atoms with Gasteiger partial charge in [-0.05, 0) is 29.1 Å². The van der Waals surface area contributed by atoms with Gasteiger partial charge in [-0.1, -0.05) is 24.3 Å². The smallest absolute Gasteiger partial charge is 0.258 e. The summed E-state index contributed by atoms with van der Waals surface area (Å²) >= 11 is 0. The molecule has 0 spiro atoms. The first-order valence-electron chi connectivity index (χ1n) is 7.12. The molecule has 0 saturated heterocycles. The summed E-state index contributed by atoms with van der Waals surface area (Å²) in [6.07, 6.45) is 2.61. The number of nitrogens with zero attached hydrogens (tertiary/aromatic N) is 1. The van der Waals surface area contributed by atoms with Gasteiger partial charge in [0.1, 0.15) is 5.82 Å². The van der Waals surface area contributed by atoms with E-state index in [1.807, 2.05) is 6.07 Å². The van der Waals surface area contributed by atoms with Crippen LogP contribution in [-0.2, 0) is 17.1 Å². The third-order valence-corrected chi connectivity index (χ3v) is 4.25. The van der Waals surface area contributed by atoms with Gasteiger partial charge in [0.2, 0.25) is 10.0 Å². The van der Waals surface area contributed by atoms with Crippen molar-refractivity contribution in [3.63, 3.8) is 0 Å². The average molecular weight is 346 g/mol. The zero-order valence-corrected chi connectivity index (χ0v) is 13.9. The predicted molar refractivity (Wildman–Crippen MR) is 93.0 cm³/mol. The van der Waals surface area contributed by atoms with Crippen LogP contribution in [0.5, 0.6) is 0 Å². The molecule has 0 unspecified atom stereocenters. The summed E-state index contributed by atoms with van der Waals surface area (Å²) in [6, 6.07) is 11.3. The molecule has 124 valence electrons. The fraction of sp³-hybridized carbons (Fsp3) is 0.118. The minimum absolute atomic E-state index is 0.132. The summed E-state index contributed by atoms with van der Waals surface area (Å²) in [5, 5.41) is 1.26. The van der Waals surface area contributed by atoms with Crippen molar-refractivity contribution in [3.8, 4) is 11.1 Å². The first-order chi connectivity index (χ1) is 11.3. The molecule has 0 atom stereocenters. The molecule has 2 aromatic carbocycles. The molecule has 0 aliphatic rings. The molecule has 1 heterocycles. The number of anilines is 1. The number of pyridine rings is 1. The Balaban J connectivity index is 2.27. The zero-order valence-electron chi connectivity index (χ0n) is 13.1. The van der Waals surface area contributed by atoms with Gasteiger partial charge in [0, 0.05) is 24.2 Å². The van der Waals surface area contributed by atoms with Gasteiger partial charge in [-0.15, -0.1) is 0 Å². The fourth-order valence-electron chi connectivity index (χ4n) is 2.62. The normalized spacial score (nSPS) is 11.6. The third-order valence-electron chi connectivity index (χ3n) is 3.66. The van der Waals surface area contributed by atoms with E-state index in [2.05, 4.69) is 4.72 Å². The first-order valence-corrected chi connectivity index (χ1v) is 9.01. The highest BCUT2D eigenvalue weighted by Crippen LogP contribution is 2.30. The van der Waals surface area contributed by atoms with E-state index < -0.39 is 15.8 Å². The van der Waals surface area contributed by atoms with Crippen LogP contribution >= 0.6 is 0 Å². The standard InChI is InChI=1S/C17H15FN2O3S/c1-20-10-14(12-5-3-4-6-13(12)17(20)21)11-7-8-15(18)16(9-11)19-24(2,22)23/h3-10,19H,1-2H3. The van der Waals surface area contributed by atoms with Gasteiger partial charge in [0.05, 0.1) is 11.9 Å². The summed E-state index contributed by atoms with van der Waals surface area (Å²) in [6.45, 7) is 0. The molecule has 5 nitrogen and oxygen atoms in total. The van der Waals surface area contributed by atoms with Crippen LogP contribution in [0, 0.1) is 5.82 Å². The number of hydrogen-bond donors (Lipinski definition) is 1. The maximum atomic E-state index is 13.9. The number of fused-ring (bicyclic) bond motifs is 1. The minimum atomic E-state index is -3.60. The van der Waals surface area contributed by atoms with Crippen LogP contribution < -0.4 is 10.3 Å². The Morgan fingerprint density at radius 3 is 2.42 bits per heavy atom. The average Bonchev–Trinajstić information content (AvgIpc) is 2.52. The lowest BCUT2D eigenvalue weighted by Crippen LogP contribution is -2.16. The molecule has 0 bridgehead atoms. The second-order valence-corrected chi connectivity index (χ2v) is 7.32. The molecule has 1 aromatic heterocycles. The zero-order chi connectivity index (χ0) is 17.5. The van der Waals surface area contributed by atoms with Crippen LogP contribution in [0.25, 0.3) is 21.9 Å². The molecule has 3 aromatic rings. The molecule has 0 aliphatic heterocycles. The van der Waals surface area contributed by atoms with E-state index in [0.29, 0.717) is 16.5 Å². The highest BCUT2D eigenvalue weighted by atomic mass is 32.2. The summed E-state index contributed by atoms with van der Waals surface area (Å²) in [5.41, 5.74) is 1.05. The monoisotopic (exact) mass is 346 g/mol. The van der Waals surface area contributed by atoms with Crippen molar-refractivity contribution in [2.75, 3.05) is 11.0 Å². The second kappa shape index (κ2) is 5.76. The summed E-state index contributed by atoms with van der Waals surface area (Å²) < 4.78 is 40.3. The molecule has 0 radical (unpaired) electrons. The fourth-order valence-corrected chi connectivity index (χ4v) is 3.17. The van der Waals surface area contributed by atoms with Gasteiger partial charge in [-0.2, -0.15) is 0 Å². The second-order valence-electron chi connectivity index (χ2n) is 5.57. The van der Waals surface area contributed by atoms with Gasteiger partial charge >= 0.3 is 0 Å². The number of nitrogens with one attached hydrogen (secondary N) is 1. The maximum absolute atomic E-state index is 13.9. The van der Waals surface area contributed by atoms with Gasteiger partial charge < -0.3 is 4.57 Å². The van der Waals surface area contributed by atoms with Crippen molar-refractivity contribution in [3.05, 3.63) is 64.8 Å². The van der Waals surface area contributed by atoms with Gasteiger partial charge in [-0.25, -0.2) is 12.8 Å². The highest BCUT2D eigenvalue weighted by Gasteiger charge is 2.13. The van der Waals surface area contributed by atoms with Gasteiger partial charge in [0.25, 0.3) is 5.56 Å². The van der Waals surface area contributed by atoms with Crippen LogP contribution in [-0.4, -0.2) is 19.2 Å². The molecule has 0 fully saturated rings. The molecular formula is C17H15FN2O3S. The van der Waals surface area contributed by atoms with E-state index in [0.717, 1.165) is 11.6 Å². The van der Waals surface area contributed by atoms with Crippen molar-refractivity contribution < 1.29 is 12.8 Å². The summed E-state index contributed by atoms with van der Waals surface area (Å²) in [5.74, 6) is -0.668. The van der Waals surface area contributed by atoms with E-state index in [1.54, 1.807) is 37.5 Å². The largest absolute Gasteiger partial charge is 0.317 e. The van der Waals surface area contributed by atoms with Crippen molar-refractivity contribution >= 4 is 26.5 Å². The van der Waals surface area contributed by atoms with E-state index in [-0.39, 0.29) is 11.2 Å². The number of sulfonamides is 1. The Morgan fingerprint density at radius 2 is 1.75 bits per heavy atom. The van der Waals surface area contributed by atoms with Crippen LogP contribution in [0.3, 0.4) is 0 Å². The highest BCUT2D eigenvalue weighted by molar-refractivity contribution is 7.92. The molecule has 1 N–H and O–H groups in total. The van der Waals surface area contributed by atoms with Gasteiger partial charge in [0.15, 0.2) is 0 Å². The molecule has 0 aliphatic carbocycles. The van der Waals surface area contributed by atoms with E-state index in [9.17, 15) is 17.6 Å². The lowest BCUT2D eigenvalue weighted by Gasteiger charge is -2.12. The summed E-state index contributed by atoms with van der Waals surface area (Å²) in [7, 11) is -1.96. The van der Waals surface area contributed by atoms with Crippen LogP contribution in [0.1, 0.15) is 0 Å².